The highest BCUT2D eigenvalue weighted by Crippen LogP contribution is 2.57. The molecule has 9 nitrogen and oxygen atoms in total. The number of hydrogen-bond acceptors (Lipinski definition) is 9. The van der Waals surface area contributed by atoms with Crippen molar-refractivity contribution >= 4 is 11.7 Å². The van der Waals surface area contributed by atoms with Gasteiger partial charge in [-0.05, 0) is 54.6 Å². The molecule has 7 rings (SSSR count). The highest BCUT2D eigenvalue weighted by Gasteiger charge is 2.54. The van der Waals surface area contributed by atoms with Crippen LogP contribution in [0.2, 0.25) is 0 Å². The second-order valence-electron chi connectivity index (χ2n) is 10.8. The SMILES string of the molecule is O=C1OC2(c3cc(F)c(O)cc3Oc3cc(O)c(F)cc32)c2cc(NCCN(Cc3ccccn3)Cc3ccccn3)ccc21. The fraction of sp³-hybridized carbons (Fsp3) is 0.147. The van der Waals surface area contributed by atoms with E-state index in [0.29, 0.717) is 37.4 Å². The molecule has 0 radical (unpaired) electrons. The van der Waals surface area contributed by atoms with Crippen molar-refractivity contribution in [3.8, 4) is 23.0 Å². The molecule has 3 N–H and O–H groups in total. The number of benzene rings is 3. The predicted molar refractivity (Wildman–Crippen MR) is 159 cm³/mol. The molecule has 0 aliphatic carbocycles. The summed E-state index contributed by atoms with van der Waals surface area (Å²) in [6, 6.07) is 20.7. The van der Waals surface area contributed by atoms with Gasteiger partial charge in [0.15, 0.2) is 28.7 Å². The molecule has 0 saturated heterocycles. The molecule has 1 spiro atoms. The number of anilines is 1. The summed E-state index contributed by atoms with van der Waals surface area (Å²) in [7, 11) is 0. The number of ether oxygens (including phenoxy) is 2. The monoisotopic (exact) mass is 608 g/mol. The zero-order valence-corrected chi connectivity index (χ0v) is 23.7. The Labute approximate surface area is 256 Å². The number of aromatic hydroxyl groups is 2. The summed E-state index contributed by atoms with van der Waals surface area (Å²) in [6.07, 6.45) is 3.51. The van der Waals surface area contributed by atoms with Crippen molar-refractivity contribution in [2.75, 3.05) is 18.4 Å². The van der Waals surface area contributed by atoms with E-state index in [-0.39, 0.29) is 28.2 Å². The van der Waals surface area contributed by atoms with Crippen LogP contribution in [0.25, 0.3) is 0 Å². The maximum atomic E-state index is 14.8. The number of phenols is 2. The zero-order chi connectivity index (χ0) is 31.1. The molecular weight excluding hydrogens is 582 g/mol. The largest absolute Gasteiger partial charge is 0.505 e. The van der Waals surface area contributed by atoms with Crippen LogP contribution < -0.4 is 10.1 Å². The van der Waals surface area contributed by atoms with Gasteiger partial charge in [0.1, 0.15) is 11.5 Å². The number of rotatable bonds is 8. The van der Waals surface area contributed by atoms with Gasteiger partial charge in [-0.2, -0.15) is 0 Å². The Morgan fingerprint density at radius 3 is 1.93 bits per heavy atom. The number of fused-ring (bicyclic) bond motifs is 6. The van der Waals surface area contributed by atoms with Crippen molar-refractivity contribution < 1.29 is 33.3 Å². The minimum Gasteiger partial charge on any atom is -0.505 e. The van der Waals surface area contributed by atoms with E-state index in [9.17, 15) is 23.8 Å². The van der Waals surface area contributed by atoms with E-state index in [1.165, 1.54) is 0 Å². The average Bonchev–Trinajstić information content (AvgIpc) is 3.32. The minimum atomic E-state index is -1.81. The van der Waals surface area contributed by atoms with Crippen LogP contribution in [-0.2, 0) is 23.4 Å². The number of pyridine rings is 2. The summed E-state index contributed by atoms with van der Waals surface area (Å²) < 4.78 is 41.4. The molecule has 0 saturated carbocycles. The van der Waals surface area contributed by atoms with E-state index >= 15 is 0 Å². The van der Waals surface area contributed by atoms with Crippen LogP contribution in [0, 0.1) is 11.6 Å². The smallest absolute Gasteiger partial charge is 0.340 e. The van der Waals surface area contributed by atoms with Crippen LogP contribution in [0.3, 0.4) is 0 Å². The lowest BCUT2D eigenvalue weighted by Crippen LogP contribution is -2.33. The summed E-state index contributed by atoms with van der Waals surface area (Å²) in [5, 5.41) is 23.6. The first kappa shape index (κ1) is 28.2. The van der Waals surface area contributed by atoms with Crippen molar-refractivity contribution in [1.82, 2.24) is 14.9 Å². The van der Waals surface area contributed by atoms with Gasteiger partial charge in [-0.15, -0.1) is 0 Å². The van der Waals surface area contributed by atoms with Crippen LogP contribution in [0.5, 0.6) is 23.0 Å². The van der Waals surface area contributed by atoms with Crippen LogP contribution in [0.4, 0.5) is 14.5 Å². The first-order valence-electron chi connectivity index (χ1n) is 14.2. The average molecular weight is 609 g/mol. The normalized spacial score (nSPS) is 14.0. The third-order valence-electron chi connectivity index (χ3n) is 7.92. The fourth-order valence-electron chi connectivity index (χ4n) is 5.85. The van der Waals surface area contributed by atoms with Crippen LogP contribution in [-0.4, -0.2) is 44.1 Å². The number of carbonyl (C=O) groups is 1. The van der Waals surface area contributed by atoms with E-state index in [1.807, 2.05) is 36.4 Å². The number of aromatic nitrogens is 2. The van der Waals surface area contributed by atoms with Crippen molar-refractivity contribution in [2.24, 2.45) is 0 Å². The van der Waals surface area contributed by atoms with Crippen molar-refractivity contribution in [2.45, 2.75) is 18.7 Å². The third kappa shape index (κ3) is 5.06. The van der Waals surface area contributed by atoms with Gasteiger partial charge < -0.3 is 25.0 Å². The van der Waals surface area contributed by atoms with Crippen molar-refractivity contribution in [3.63, 3.8) is 0 Å². The molecule has 0 atom stereocenters. The molecule has 3 aromatic carbocycles. The highest BCUT2D eigenvalue weighted by molar-refractivity contribution is 5.97. The Morgan fingerprint density at radius 1 is 0.778 bits per heavy atom. The molecule has 2 aromatic heterocycles. The maximum Gasteiger partial charge on any atom is 0.340 e. The van der Waals surface area contributed by atoms with Gasteiger partial charge in [-0.1, -0.05) is 12.1 Å². The molecule has 11 heteroatoms. The Bertz CT molecular complexity index is 1830. The number of esters is 1. The van der Waals surface area contributed by atoms with Gasteiger partial charge >= 0.3 is 5.97 Å². The Balaban J connectivity index is 1.22. The lowest BCUT2D eigenvalue weighted by atomic mass is 9.77. The number of nitrogens with one attached hydrogen (secondary N) is 1. The molecule has 4 heterocycles. The molecule has 2 aliphatic rings. The van der Waals surface area contributed by atoms with Gasteiger partial charge in [0.2, 0.25) is 0 Å². The summed E-state index contributed by atoms with van der Waals surface area (Å²) in [6.45, 7) is 2.30. The number of halogens is 2. The lowest BCUT2D eigenvalue weighted by molar-refractivity contribution is 0.0221. The lowest BCUT2D eigenvalue weighted by Gasteiger charge is -2.36. The number of carbonyl (C=O) groups excluding carboxylic acids is 1. The Kier molecular flexibility index (Phi) is 7.01. The second kappa shape index (κ2) is 11.2. The van der Waals surface area contributed by atoms with Gasteiger partial charge in [0.05, 0.1) is 28.1 Å². The topological polar surface area (TPSA) is 117 Å². The third-order valence-corrected chi connectivity index (χ3v) is 7.92. The maximum absolute atomic E-state index is 14.8. The molecule has 0 fully saturated rings. The molecule has 2 aliphatic heterocycles. The Morgan fingerprint density at radius 2 is 1.38 bits per heavy atom. The molecule has 5 aromatic rings. The van der Waals surface area contributed by atoms with E-state index in [4.69, 9.17) is 9.47 Å². The van der Waals surface area contributed by atoms with E-state index in [1.54, 1.807) is 30.6 Å². The standard InChI is InChI=1S/C34H26F2N4O5/c35-27-14-25-31(16-29(27)41)44-32-17-30(42)28(36)15-26(32)34(25)24-13-20(7-8-23(24)33(43)45-34)39-11-12-40(18-21-5-1-3-9-37-21)19-22-6-2-4-10-38-22/h1-10,13-17,39,41-42H,11-12,18-19H2. The van der Waals surface area contributed by atoms with E-state index in [2.05, 4.69) is 20.2 Å². The molecular formula is C34H26F2N4O5. The minimum absolute atomic E-state index is 0.00824. The molecule has 226 valence electrons. The van der Waals surface area contributed by atoms with Crippen LogP contribution >= 0.6 is 0 Å². The first-order chi connectivity index (χ1) is 21.8. The number of nitrogens with zero attached hydrogens (tertiary/aromatic N) is 3. The molecule has 45 heavy (non-hydrogen) atoms. The Hall–Kier alpha value is -5.55. The summed E-state index contributed by atoms with van der Waals surface area (Å²) in [5.74, 6) is -4.02. The van der Waals surface area contributed by atoms with Crippen LogP contribution in [0.15, 0.2) is 91.3 Å². The molecule has 0 bridgehead atoms. The van der Waals surface area contributed by atoms with Gasteiger partial charge in [0.25, 0.3) is 0 Å². The van der Waals surface area contributed by atoms with Crippen LogP contribution in [0.1, 0.15) is 38.4 Å². The number of hydrogen-bond donors (Lipinski definition) is 3. The summed E-state index contributed by atoms with van der Waals surface area (Å²) >= 11 is 0. The highest BCUT2D eigenvalue weighted by atomic mass is 19.1. The van der Waals surface area contributed by atoms with Gasteiger partial charge in [-0.25, -0.2) is 13.6 Å². The zero-order valence-electron chi connectivity index (χ0n) is 23.7. The number of phenolic OH excluding ortho intramolecular Hbond substituents is 2. The van der Waals surface area contributed by atoms with Crippen molar-refractivity contribution in [3.05, 3.63) is 137 Å². The first-order valence-corrected chi connectivity index (χ1v) is 14.2. The second-order valence-corrected chi connectivity index (χ2v) is 10.8. The fourth-order valence-corrected chi connectivity index (χ4v) is 5.85. The summed E-state index contributed by atoms with van der Waals surface area (Å²) in [5.41, 5.74) is 1.32. The van der Waals surface area contributed by atoms with Crippen molar-refractivity contribution in [1.29, 1.82) is 0 Å². The molecule has 0 amide bonds. The quantitative estimate of drug-likeness (QED) is 0.187. The van der Waals surface area contributed by atoms with E-state index < -0.39 is 34.7 Å². The van der Waals surface area contributed by atoms with Gasteiger partial charge in [0, 0.05) is 62.0 Å². The molecule has 0 unspecified atom stereocenters. The predicted octanol–water partition coefficient (Wildman–Crippen LogP) is 5.85. The van der Waals surface area contributed by atoms with Gasteiger partial charge in [-0.3, -0.25) is 14.9 Å². The van der Waals surface area contributed by atoms with E-state index in [0.717, 1.165) is 35.7 Å². The summed E-state index contributed by atoms with van der Waals surface area (Å²) in [4.78, 5) is 24.4.